The molecule has 1 heterocycles. The summed E-state index contributed by atoms with van der Waals surface area (Å²) in [4.78, 5) is 17.1. The highest BCUT2D eigenvalue weighted by Crippen LogP contribution is 2.33. The molecule has 4 rings (SSSR count). The number of ether oxygens (including phenoxy) is 1. The number of hydrogen-bond donors (Lipinski definition) is 1. The van der Waals surface area contributed by atoms with Crippen molar-refractivity contribution in [3.8, 4) is 27.6 Å². The molecule has 1 amide bonds. The zero-order valence-corrected chi connectivity index (χ0v) is 18.0. The summed E-state index contributed by atoms with van der Waals surface area (Å²) in [6.07, 6.45) is 0. The predicted molar refractivity (Wildman–Crippen MR) is 123 cm³/mol. The summed E-state index contributed by atoms with van der Waals surface area (Å²) in [5, 5.41) is 5.35. The number of aromatic nitrogens is 1. The lowest BCUT2D eigenvalue weighted by Gasteiger charge is -2.12. The summed E-state index contributed by atoms with van der Waals surface area (Å²) in [6.45, 7) is 3.82. The van der Waals surface area contributed by atoms with Gasteiger partial charge in [-0.05, 0) is 49.2 Å². The molecule has 6 heteroatoms. The number of nitrogens with zero attached hydrogens (tertiary/aromatic N) is 1. The van der Waals surface area contributed by atoms with E-state index in [-0.39, 0.29) is 18.3 Å². The summed E-state index contributed by atoms with van der Waals surface area (Å²) in [5.74, 6) is 0.115. The van der Waals surface area contributed by atoms with Crippen LogP contribution in [0.5, 0.6) is 5.75 Å². The van der Waals surface area contributed by atoms with Gasteiger partial charge in [-0.15, -0.1) is 11.3 Å². The molecule has 0 radical (unpaired) electrons. The lowest BCUT2D eigenvalue weighted by atomic mass is 10.1. The van der Waals surface area contributed by atoms with Crippen molar-refractivity contribution in [2.45, 2.75) is 13.8 Å². The number of hydrogen-bond acceptors (Lipinski definition) is 4. The summed E-state index contributed by atoms with van der Waals surface area (Å²) in [6, 6.07) is 19.8. The lowest BCUT2D eigenvalue weighted by Crippen LogP contribution is -2.20. The first-order valence-corrected chi connectivity index (χ1v) is 10.7. The van der Waals surface area contributed by atoms with Gasteiger partial charge in [-0.3, -0.25) is 4.79 Å². The maximum atomic E-state index is 14.1. The van der Waals surface area contributed by atoms with Crippen LogP contribution in [0.3, 0.4) is 0 Å². The van der Waals surface area contributed by atoms with E-state index >= 15 is 0 Å². The van der Waals surface area contributed by atoms with Gasteiger partial charge in [0.1, 0.15) is 16.6 Å². The average Bonchev–Trinajstić information content (AvgIpc) is 3.25. The molecule has 0 aliphatic rings. The molecule has 0 bridgehead atoms. The number of aryl methyl sites for hydroxylation is 2. The Labute approximate surface area is 184 Å². The minimum absolute atomic E-state index is 0.101. The zero-order valence-electron chi connectivity index (χ0n) is 17.2. The first kappa shape index (κ1) is 20.8. The van der Waals surface area contributed by atoms with Crippen LogP contribution in [0.4, 0.5) is 10.1 Å². The van der Waals surface area contributed by atoms with Crippen LogP contribution in [0.1, 0.15) is 11.1 Å². The van der Waals surface area contributed by atoms with Crippen LogP contribution in [0.2, 0.25) is 0 Å². The van der Waals surface area contributed by atoms with E-state index in [0.29, 0.717) is 27.7 Å². The van der Waals surface area contributed by atoms with Gasteiger partial charge in [-0.25, -0.2) is 9.37 Å². The minimum Gasteiger partial charge on any atom is -0.483 e. The van der Waals surface area contributed by atoms with Crippen LogP contribution in [0.15, 0.2) is 72.1 Å². The van der Waals surface area contributed by atoms with Crippen LogP contribution in [0.25, 0.3) is 21.8 Å². The highest BCUT2D eigenvalue weighted by atomic mass is 32.1. The van der Waals surface area contributed by atoms with E-state index in [1.807, 2.05) is 61.7 Å². The Kier molecular flexibility index (Phi) is 6.09. The molecule has 156 valence electrons. The second-order valence-corrected chi connectivity index (χ2v) is 8.03. The number of anilines is 1. The molecule has 0 saturated heterocycles. The van der Waals surface area contributed by atoms with Crippen LogP contribution >= 0.6 is 11.3 Å². The number of carbonyl (C=O) groups is 1. The maximum absolute atomic E-state index is 14.1. The quantitative estimate of drug-likeness (QED) is 0.392. The number of thiazole rings is 1. The molecule has 0 aliphatic heterocycles. The number of benzene rings is 3. The Morgan fingerprint density at radius 1 is 1.03 bits per heavy atom. The largest absolute Gasteiger partial charge is 0.483 e. The van der Waals surface area contributed by atoms with Crippen LogP contribution in [-0.4, -0.2) is 17.5 Å². The van der Waals surface area contributed by atoms with Gasteiger partial charge >= 0.3 is 0 Å². The fraction of sp³-hybridized carbons (Fsp3) is 0.120. The fourth-order valence-corrected chi connectivity index (χ4v) is 4.01. The molecular weight excluding hydrogens is 411 g/mol. The van der Waals surface area contributed by atoms with Gasteiger partial charge in [0.15, 0.2) is 6.61 Å². The number of nitrogens with one attached hydrogen (secondary N) is 1. The molecule has 31 heavy (non-hydrogen) atoms. The SMILES string of the molecule is Cc1ccc(C)c(OCC(=O)Nc2ccccc2-c2csc(-c3ccccc3F)n2)c1. The van der Waals surface area contributed by atoms with Crippen molar-refractivity contribution in [2.75, 3.05) is 11.9 Å². The van der Waals surface area contributed by atoms with Gasteiger partial charge in [0, 0.05) is 16.5 Å². The predicted octanol–water partition coefficient (Wildman–Crippen LogP) is 6.25. The van der Waals surface area contributed by atoms with Gasteiger partial charge in [0.2, 0.25) is 0 Å². The van der Waals surface area contributed by atoms with E-state index in [0.717, 1.165) is 16.7 Å². The minimum atomic E-state index is -0.312. The maximum Gasteiger partial charge on any atom is 0.262 e. The zero-order chi connectivity index (χ0) is 21.8. The third kappa shape index (κ3) is 4.81. The number of rotatable bonds is 6. The van der Waals surface area contributed by atoms with Crippen molar-refractivity contribution in [1.82, 2.24) is 4.98 Å². The molecule has 4 aromatic rings. The molecule has 1 N–H and O–H groups in total. The van der Waals surface area contributed by atoms with E-state index in [2.05, 4.69) is 10.3 Å². The fourth-order valence-electron chi connectivity index (χ4n) is 3.16. The van der Waals surface area contributed by atoms with Gasteiger partial charge in [-0.1, -0.05) is 42.5 Å². The summed E-state index contributed by atoms with van der Waals surface area (Å²) in [5.41, 5.74) is 4.57. The molecule has 0 spiro atoms. The third-order valence-electron chi connectivity index (χ3n) is 4.79. The number of para-hydroxylation sites is 1. The van der Waals surface area contributed by atoms with Gasteiger partial charge in [0.25, 0.3) is 5.91 Å². The number of carbonyl (C=O) groups excluding carboxylic acids is 1. The first-order valence-electron chi connectivity index (χ1n) is 9.81. The molecule has 0 fully saturated rings. The molecule has 1 aromatic heterocycles. The topological polar surface area (TPSA) is 51.2 Å². The van der Waals surface area contributed by atoms with E-state index in [1.54, 1.807) is 18.2 Å². The second-order valence-electron chi connectivity index (χ2n) is 7.17. The number of halogens is 1. The van der Waals surface area contributed by atoms with Gasteiger partial charge in [0.05, 0.1) is 11.4 Å². The van der Waals surface area contributed by atoms with Crippen LogP contribution < -0.4 is 10.1 Å². The smallest absolute Gasteiger partial charge is 0.262 e. The Bertz CT molecular complexity index is 1240. The molecule has 3 aromatic carbocycles. The van der Waals surface area contributed by atoms with Crippen molar-refractivity contribution >= 4 is 22.9 Å². The highest BCUT2D eigenvalue weighted by molar-refractivity contribution is 7.13. The van der Waals surface area contributed by atoms with Crippen LogP contribution in [0, 0.1) is 19.7 Å². The van der Waals surface area contributed by atoms with Crippen molar-refractivity contribution in [3.05, 3.63) is 89.1 Å². The standard InChI is InChI=1S/C25H21FN2O2S/c1-16-11-12-17(2)23(13-16)30-14-24(29)27-21-10-6-4-8-19(21)22-15-31-25(28-22)18-7-3-5-9-20(18)26/h3-13,15H,14H2,1-2H3,(H,27,29). The molecule has 0 saturated carbocycles. The van der Waals surface area contributed by atoms with Crippen molar-refractivity contribution in [3.63, 3.8) is 0 Å². The first-order chi connectivity index (χ1) is 15.0. The second kappa shape index (κ2) is 9.10. The van der Waals surface area contributed by atoms with Gasteiger partial charge in [-0.2, -0.15) is 0 Å². The van der Waals surface area contributed by atoms with Crippen molar-refractivity contribution in [1.29, 1.82) is 0 Å². The Hall–Kier alpha value is -3.51. The van der Waals surface area contributed by atoms with E-state index < -0.39 is 0 Å². The summed E-state index contributed by atoms with van der Waals surface area (Å²) in [7, 11) is 0. The van der Waals surface area contributed by atoms with Gasteiger partial charge < -0.3 is 10.1 Å². The summed E-state index contributed by atoms with van der Waals surface area (Å²) < 4.78 is 19.8. The van der Waals surface area contributed by atoms with E-state index in [9.17, 15) is 9.18 Å². The highest BCUT2D eigenvalue weighted by Gasteiger charge is 2.14. The Morgan fingerprint density at radius 2 is 1.77 bits per heavy atom. The normalized spacial score (nSPS) is 10.7. The Morgan fingerprint density at radius 3 is 2.58 bits per heavy atom. The molecule has 4 nitrogen and oxygen atoms in total. The average molecular weight is 433 g/mol. The third-order valence-corrected chi connectivity index (χ3v) is 5.66. The van der Waals surface area contributed by atoms with E-state index in [1.165, 1.54) is 17.4 Å². The van der Waals surface area contributed by atoms with Crippen molar-refractivity contribution in [2.24, 2.45) is 0 Å². The molecule has 0 atom stereocenters. The molecular formula is C25H21FN2O2S. The van der Waals surface area contributed by atoms with Crippen LogP contribution in [-0.2, 0) is 4.79 Å². The van der Waals surface area contributed by atoms with Crippen molar-refractivity contribution < 1.29 is 13.9 Å². The molecule has 0 aliphatic carbocycles. The lowest BCUT2D eigenvalue weighted by molar-refractivity contribution is -0.118. The monoisotopic (exact) mass is 432 g/mol. The Balaban J connectivity index is 1.51. The summed E-state index contributed by atoms with van der Waals surface area (Å²) >= 11 is 1.36. The number of amides is 1. The molecule has 0 unspecified atom stereocenters. The van der Waals surface area contributed by atoms with E-state index in [4.69, 9.17) is 4.74 Å².